The predicted molar refractivity (Wildman–Crippen MR) is 112 cm³/mol. The van der Waals surface area contributed by atoms with E-state index >= 15 is 0 Å². The van der Waals surface area contributed by atoms with Gasteiger partial charge in [0.15, 0.2) is 0 Å². The molecule has 2 aromatic carbocycles. The van der Waals surface area contributed by atoms with Crippen molar-refractivity contribution in [3.05, 3.63) is 60.2 Å². The number of ether oxygens (including phenoxy) is 1. The van der Waals surface area contributed by atoms with Crippen molar-refractivity contribution >= 4 is 11.8 Å². The number of hydrogen-bond acceptors (Lipinski definition) is 4. The number of amides is 2. The molecule has 0 radical (unpaired) electrons. The molecule has 0 aromatic heterocycles. The second-order valence-corrected chi connectivity index (χ2v) is 7.47. The molecule has 6 heteroatoms. The van der Waals surface area contributed by atoms with Crippen LogP contribution in [0.5, 0.6) is 0 Å². The van der Waals surface area contributed by atoms with Crippen LogP contribution in [-0.4, -0.2) is 85.5 Å². The van der Waals surface area contributed by atoms with Crippen molar-refractivity contribution in [3.8, 4) is 11.1 Å². The summed E-state index contributed by atoms with van der Waals surface area (Å²) in [6, 6.07) is 17.7. The van der Waals surface area contributed by atoms with Crippen LogP contribution in [-0.2, 0) is 9.53 Å². The van der Waals surface area contributed by atoms with Crippen LogP contribution in [0.3, 0.4) is 0 Å². The summed E-state index contributed by atoms with van der Waals surface area (Å²) >= 11 is 0. The summed E-state index contributed by atoms with van der Waals surface area (Å²) in [6.07, 6.45) is 0. The molecule has 0 atom stereocenters. The van der Waals surface area contributed by atoms with E-state index in [1.807, 2.05) is 64.4 Å². The van der Waals surface area contributed by atoms with Crippen LogP contribution < -0.4 is 0 Å². The largest absolute Gasteiger partial charge is 0.379 e. The molecule has 2 saturated heterocycles. The highest BCUT2D eigenvalue weighted by Gasteiger charge is 2.27. The molecule has 2 aliphatic heterocycles. The third kappa shape index (κ3) is 4.66. The number of carbonyl (C=O) groups is 2. The minimum absolute atomic E-state index is 0.0322. The van der Waals surface area contributed by atoms with Crippen molar-refractivity contribution in [3.63, 3.8) is 0 Å². The minimum Gasteiger partial charge on any atom is -0.379 e. The standard InChI is InChI=1S/C23H27N3O3/c27-22(18-24-14-16-29-17-15-24)25-10-12-26(13-11-25)23(28)21-9-5-4-8-20(21)19-6-2-1-3-7-19/h1-9H,10-18H2. The van der Waals surface area contributed by atoms with Gasteiger partial charge in [-0.15, -0.1) is 0 Å². The number of morpholine rings is 1. The van der Waals surface area contributed by atoms with E-state index in [4.69, 9.17) is 4.74 Å². The van der Waals surface area contributed by atoms with E-state index in [0.717, 1.165) is 24.2 Å². The van der Waals surface area contributed by atoms with Gasteiger partial charge in [-0.25, -0.2) is 0 Å². The van der Waals surface area contributed by atoms with Gasteiger partial charge >= 0.3 is 0 Å². The van der Waals surface area contributed by atoms with Gasteiger partial charge in [-0.1, -0.05) is 48.5 Å². The summed E-state index contributed by atoms with van der Waals surface area (Å²) in [5.41, 5.74) is 2.70. The number of piperazine rings is 1. The Morgan fingerprint density at radius 1 is 0.759 bits per heavy atom. The molecule has 0 saturated carbocycles. The Labute approximate surface area is 171 Å². The van der Waals surface area contributed by atoms with Gasteiger partial charge in [0, 0.05) is 44.8 Å². The lowest BCUT2D eigenvalue weighted by Crippen LogP contribution is -2.53. The second-order valence-electron chi connectivity index (χ2n) is 7.47. The van der Waals surface area contributed by atoms with Crippen molar-refractivity contribution in [1.82, 2.24) is 14.7 Å². The molecule has 0 unspecified atom stereocenters. The van der Waals surface area contributed by atoms with Gasteiger partial charge in [-0.2, -0.15) is 0 Å². The van der Waals surface area contributed by atoms with Crippen LogP contribution in [0, 0.1) is 0 Å². The van der Waals surface area contributed by atoms with Crippen LogP contribution in [0.2, 0.25) is 0 Å². The predicted octanol–water partition coefficient (Wildman–Crippen LogP) is 1.97. The zero-order chi connectivity index (χ0) is 20.1. The topological polar surface area (TPSA) is 53.1 Å². The average Bonchev–Trinajstić information content (AvgIpc) is 2.80. The molecule has 0 N–H and O–H groups in total. The molecule has 29 heavy (non-hydrogen) atoms. The monoisotopic (exact) mass is 393 g/mol. The average molecular weight is 393 g/mol. The first-order valence-corrected chi connectivity index (χ1v) is 10.2. The minimum atomic E-state index is 0.0322. The highest BCUT2D eigenvalue weighted by molar-refractivity contribution is 6.01. The summed E-state index contributed by atoms with van der Waals surface area (Å²) < 4.78 is 5.34. The second kappa shape index (κ2) is 9.20. The Bertz CT molecular complexity index is 841. The van der Waals surface area contributed by atoms with Crippen LogP contribution in [0.4, 0.5) is 0 Å². The molecular formula is C23H27N3O3. The molecule has 0 bridgehead atoms. The number of rotatable bonds is 4. The highest BCUT2D eigenvalue weighted by atomic mass is 16.5. The van der Waals surface area contributed by atoms with Gasteiger partial charge in [0.25, 0.3) is 5.91 Å². The van der Waals surface area contributed by atoms with Gasteiger partial charge in [-0.05, 0) is 17.2 Å². The number of carbonyl (C=O) groups excluding carboxylic acids is 2. The molecule has 6 nitrogen and oxygen atoms in total. The molecule has 4 rings (SSSR count). The van der Waals surface area contributed by atoms with Gasteiger partial charge in [0.1, 0.15) is 0 Å². The fourth-order valence-electron chi connectivity index (χ4n) is 3.92. The van der Waals surface area contributed by atoms with Crippen molar-refractivity contribution < 1.29 is 14.3 Å². The molecule has 152 valence electrons. The van der Waals surface area contributed by atoms with Gasteiger partial charge in [0.05, 0.1) is 19.8 Å². The molecule has 0 spiro atoms. The van der Waals surface area contributed by atoms with E-state index < -0.39 is 0 Å². The smallest absolute Gasteiger partial charge is 0.254 e. The number of nitrogens with zero attached hydrogens (tertiary/aromatic N) is 3. The Balaban J connectivity index is 1.38. The van der Waals surface area contributed by atoms with Gasteiger partial charge < -0.3 is 14.5 Å². The van der Waals surface area contributed by atoms with Crippen molar-refractivity contribution in [2.75, 3.05) is 59.0 Å². The van der Waals surface area contributed by atoms with E-state index in [-0.39, 0.29) is 11.8 Å². The Morgan fingerprint density at radius 2 is 1.38 bits per heavy atom. The summed E-state index contributed by atoms with van der Waals surface area (Å²) in [5, 5.41) is 0. The lowest BCUT2D eigenvalue weighted by Gasteiger charge is -2.36. The normalized spacial score (nSPS) is 17.9. The van der Waals surface area contributed by atoms with E-state index in [0.29, 0.717) is 51.5 Å². The van der Waals surface area contributed by atoms with Crippen LogP contribution in [0.25, 0.3) is 11.1 Å². The summed E-state index contributed by atoms with van der Waals surface area (Å²) in [5.74, 6) is 0.174. The van der Waals surface area contributed by atoms with Gasteiger partial charge in [0.2, 0.25) is 5.91 Å². The Morgan fingerprint density at radius 3 is 2.10 bits per heavy atom. The molecule has 2 fully saturated rings. The third-order valence-electron chi connectivity index (χ3n) is 5.62. The lowest BCUT2D eigenvalue weighted by molar-refractivity contribution is -0.134. The SMILES string of the molecule is O=C(CN1CCOCC1)N1CCN(C(=O)c2ccccc2-c2ccccc2)CC1. The van der Waals surface area contributed by atoms with E-state index in [1.54, 1.807) is 0 Å². The summed E-state index contributed by atoms with van der Waals surface area (Å²) in [4.78, 5) is 31.7. The maximum absolute atomic E-state index is 13.2. The molecule has 2 heterocycles. The lowest BCUT2D eigenvalue weighted by atomic mass is 9.98. The first-order chi connectivity index (χ1) is 14.2. The maximum atomic E-state index is 13.2. The van der Waals surface area contributed by atoms with E-state index in [1.165, 1.54) is 0 Å². The third-order valence-corrected chi connectivity index (χ3v) is 5.62. The fraction of sp³-hybridized carbons (Fsp3) is 0.391. The quantitative estimate of drug-likeness (QED) is 0.797. The molecule has 2 amide bonds. The summed E-state index contributed by atoms with van der Waals surface area (Å²) in [6.45, 7) is 5.74. The van der Waals surface area contributed by atoms with Crippen LogP contribution in [0.15, 0.2) is 54.6 Å². The zero-order valence-corrected chi connectivity index (χ0v) is 16.6. The molecule has 0 aliphatic carbocycles. The molecular weight excluding hydrogens is 366 g/mol. The number of benzene rings is 2. The van der Waals surface area contributed by atoms with E-state index in [2.05, 4.69) is 4.90 Å². The highest BCUT2D eigenvalue weighted by Crippen LogP contribution is 2.25. The van der Waals surface area contributed by atoms with Gasteiger partial charge in [-0.3, -0.25) is 14.5 Å². The van der Waals surface area contributed by atoms with Crippen molar-refractivity contribution in [2.24, 2.45) is 0 Å². The molecule has 2 aromatic rings. The van der Waals surface area contributed by atoms with E-state index in [9.17, 15) is 9.59 Å². The van der Waals surface area contributed by atoms with Crippen LogP contribution in [0.1, 0.15) is 10.4 Å². The van der Waals surface area contributed by atoms with Crippen molar-refractivity contribution in [2.45, 2.75) is 0 Å². The first kappa shape index (κ1) is 19.6. The van der Waals surface area contributed by atoms with Crippen LogP contribution >= 0.6 is 0 Å². The maximum Gasteiger partial charge on any atom is 0.254 e. The number of hydrogen-bond donors (Lipinski definition) is 0. The fourth-order valence-corrected chi connectivity index (χ4v) is 3.92. The Kier molecular flexibility index (Phi) is 6.22. The van der Waals surface area contributed by atoms with Crippen molar-refractivity contribution in [1.29, 1.82) is 0 Å². The zero-order valence-electron chi connectivity index (χ0n) is 16.6. The Hall–Kier alpha value is -2.70. The molecule has 2 aliphatic rings. The summed E-state index contributed by atoms with van der Waals surface area (Å²) in [7, 11) is 0. The first-order valence-electron chi connectivity index (χ1n) is 10.2.